The van der Waals surface area contributed by atoms with Gasteiger partial charge in [0.1, 0.15) is 0 Å². The summed E-state index contributed by atoms with van der Waals surface area (Å²) in [4.78, 5) is 0. The van der Waals surface area contributed by atoms with E-state index in [-0.39, 0.29) is 6.54 Å². The van der Waals surface area contributed by atoms with Crippen LogP contribution < -0.4 is 5.32 Å². The zero-order chi connectivity index (χ0) is 18.4. The Morgan fingerprint density at radius 3 is 2.29 bits per heavy atom. The van der Waals surface area contributed by atoms with Crippen LogP contribution >= 0.6 is 0 Å². The van der Waals surface area contributed by atoms with Crippen LogP contribution in [0.1, 0.15) is 47.0 Å². The number of rotatable bonds is 5. The summed E-state index contributed by atoms with van der Waals surface area (Å²) in [7, 11) is 0. The van der Waals surface area contributed by atoms with Gasteiger partial charge in [-0.1, -0.05) is 64.0 Å². The molecule has 136 valence electrons. The molecule has 24 heavy (non-hydrogen) atoms. The van der Waals surface area contributed by atoms with E-state index in [1.807, 2.05) is 39.0 Å². The second kappa shape index (κ2) is 12.7. The fraction of sp³-hybridized carbons (Fsp3) is 0.524. The fourth-order valence-electron chi connectivity index (χ4n) is 2.56. The van der Waals surface area contributed by atoms with E-state index in [2.05, 4.69) is 18.8 Å². The van der Waals surface area contributed by atoms with E-state index >= 15 is 0 Å². The molecular weight excluding hydrogens is 304 g/mol. The zero-order valence-corrected chi connectivity index (χ0v) is 15.6. The molecule has 2 atom stereocenters. The Hall–Kier alpha value is -1.64. The predicted octanol–water partition coefficient (Wildman–Crippen LogP) is 6.94. The molecule has 0 saturated heterocycles. The van der Waals surface area contributed by atoms with Crippen LogP contribution in [0.2, 0.25) is 0 Å². The van der Waals surface area contributed by atoms with E-state index < -0.39 is 5.92 Å². The van der Waals surface area contributed by atoms with Gasteiger partial charge in [0.15, 0.2) is 0 Å². The molecule has 1 aliphatic carbocycles. The molecule has 0 aromatic heterocycles. The van der Waals surface area contributed by atoms with Gasteiger partial charge in [-0.3, -0.25) is 0 Å². The lowest BCUT2D eigenvalue weighted by molar-refractivity contribution is 0.0693. The molecule has 2 unspecified atom stereocenters. The van der Waals surface area contributed by atoms with Crippen molar-refractivity contribution in [2.75, 3.05) is 11.9 Å². The van der Waals surface area contributed by atoms with Crippen LogP contribution in [0.5, 0.6) is 0 Å². The summed E-state index contributed by atoms with van der Waals surface area (Å²) >= 11 is 0. The molecule has 1 aromatic rings. The van der Waals surface area contributed by atoms with E-state index in [0.29, 0.717) is 11.8 Å². The number of hydrogen-bond acceptors (Lipinski definition) is 1. The first kappa shape index (κ1) is 22.4. The number of para-hydroxylation sites is 1. The number of halogens is 2. The Morgan fingerprint density at radius 1 is 1.21 bits per heavy atom. The van der Waals surface area contributed by atoms with E-state index in [0.717, 1.165) is 31.0 Å². The lowest BCUT2D eigenvalue weighted by Crippen LogP contribution is -2.25. The average Bonchev–Trinajstić information content (AvgIpc) is 3.00. The molecule has 1 aromatic carbocycles. The highest BCUT2D eigenvalue weighted by atomic mass is 19.3. The molecule has 0 bridgehead atoms. The zero-order valence-electron chi connectivity index (χ0n) is 15.6. The Labute approximate surface area is 146 Å². The Balaban J connectivity index is 0.000000952. The van der Waals surface area contributed by atoms with E-state index in [1.165, 1.54) is 0 Å². The predicted molar refractivity (Wildman–Crippen MR) is 103 cm³/mol. The van der Waals surface area contributed by atoms with E-state index in [4.69, 9.17) is 0 Å². The highest BCUT2D eigenvalue weighted by molar-refractivity contribution is 5.42. The Kier molecular flexibility index (Phi) is 11.9. The van der Waals surface area contributed by atoms with Gasteiger partial charge in [-0.15, -0.1) is 6.58 Å². The molecule has 3 heteroatoms. The maximum atomic E-state index is 13.7. The van der Waals surface area contributed by atoms with E-state index in [9.17, 15) is 8.78 Å². The molecule has 0 radical (unpaired) electrons. The number of alkyl halides is 2. The molecule has 1 nitrogen and oxygen atoms in total. The first-order valence-electron chi connectivity index (χ1n) is 8.91. The van der Waals surface area contributed by atoms with Crippen molar-refractivity contribution < 1.29 is 8.78 Å². The van der Waals surface area contributed by atoms with Crippen LogP contribution in [-0.2, 0) is 0 Å². The van der Waals surface area contributed by atoms with Crippen LogP contribution in [0.4, 0.5) is 14.5 Å². The summed E-state index contributed by atoms with van der Waals surface area (Å²) < 4.78 is 27.5. The second-order valence-corrected chi connectivity index (χ2v) is 5.82. The second-order valence-electron chi connectivity index (χ2n) is 5.82. The molecule has 2 rings (SSSR count). The van der Waals surface area contributed by atoms with Crippen LogP contribution in [0.15, 0.2) is 55.1 Å². The summed E-state index contributed by atoms with van der Waals surface area (Å²) in [5.74, 6) is -1.94. The number of allylic oxidation sites excluding steroid dienone is 2. The van der Waals surface area contributed by atoms with Crippen molar-refractivity contribution in [1.82, 2.24) is 0 Å². The molecule has 1 saturated carbocycles. The standard InChI is InChI=1S/C16H21F2N.C3H6.C2H6/c1-13-6-5-7-14(13)10-11-16(17,18)12-19-15-8-3-2-4-9-15;1-3-2;1-2/h2-4,8-11,13-14,19H,5-7,12H2,1H3;3H,1H2,2H3;1-2H3/b11-10+;;. The average molecular weight is 337 g/mol. The minimum atomic E-state index is -2.79. The van der Waals surface area contributed by atoms with Crippen LogP contribution in [0, 0.1) is 11.8 Å². The van der Waals surface area contributed by atoms with Gasteiger partial charge in [0.25, 0.3) is 5.92 Å². The van der Waals surface area contributed by atoms with Gasteiger partial charge >= 0.3 is 0 Å². The third-order valence-corrected chi connectivity index (χ3v) is 3.82. The van der Waals surface area contributed by atoms with Gasteiger partial charge in [-0.25, -0.2) is 8.78 Å². The quantitative estimate of drug-likeness (QED) is 0.573. The maximum Gasteiger partial charge on any atom is 0.283 e. The van der Waals surface area contributed by atoms with Gasteiger partial charge in [0, 0.05) is 5.69 Å². The van der Waals surface area contributed by atoms with Crippen molar-refractivity contribution in [3.8, 4) is 0 Å². The van der Waals surface area contributed by atoms with Gasteiger partial charge < -0.3 is 5.32 Å². The molecule has 0 amide bonds. The largest absolute Gasteiger partial charge is 0.379 e. The molecule has 1 fully saturated rings. The fourth-order valence-corrected chi connectivity index (χ4v) is 2.56. The first-order chi connectivity index (χ1) is 11.5. The van der Waals surface area contributed by atoms with Crippen LogP contribution in [-0.4, -0.2) is 12.5 Å². The molecule has 0 aliphatic heterocycles. The topological polar surface area (TPSA) is 12.0 Å². The highest BCUT2D eigenvalue weighted by Gasteiger charge is 2.27. The summed E-state index contributed by atoms with van der Waals surface area (Å²) in [6.07, 6.45) is 7.90. The van der Waals surface area contributed by atoms with E-state index in [1.54, 1.807) is 24.3 Å². The molecule has 1 N–H and O–H groups in total. The van der Waals surface area contributed by atoms with Gasteiger partial charge in [-0.2, -0.15) is 0 Å². The van der Waals surface area contributed by atoms with Crippen molar-refractivity contribution in [3.05, 3.63) is 55.1 Å². The highest BCUT2D eigenvalue weighted by Crippen LogP contribution is 2.33. The van der Waals surface area contributed by atoms with Gasteiger partial charge in [0.05, 0.1) is 6.54 Å². The number of nitrogens with one attached hydrogen (secondary N) is 1. The Morgan fingerprint density at radius 2 is 1.79 bits per heavy atom. The van der Waals surface area contributed by atoms with Crippen molar-refractivity contribution in [2.45, 2.75) is 52.9 Å². The molecular formula is C21H33F2N. The summed E-state index contributed by atoms with van der Waals surface area (Å²) in [5.41, 5.74) is 0.727. The molecule has 0 spiro atoms. The van der Waals surface area contributed by atoms with Gasteiger partial charge in [-0.05, 0) is 43.4 Å². The lowest BCUT2D eigenvalue weighted by Gasteiger charge is -2.16. The minimum Gasteiger partial charge on any atom is -0.379 e. The normalized spacial score (nSPS) is 19.8. The third kappa shape index (κ3) is 9.49. The summed E-state index contributed by atoms with van der Waals surface area (Å²) in [5, 5.41) is 2.77. The number of benzene rings is 1. The van der Waals surface area contributed by atoms with Crippen LogP contribution in [0.3, 0.4) is 0 Å². The summed E-state index contributed by atoms with van der Waals surface area (Å²) in [6, 6.07) is 9.11. The van der Waals surface area contributed by atoms with Crippen molar-refractivity contribution in [1.29, 1.82) is 0 Å². The maximum absolute atomic E-state index is 13.7. The first-order valence-corrected chi connectivity index (χ1v) is 8.91. The minimum absolute atomic E-state index is 0.322. The molecule has 0 heterocycles. The lowest BCUT2D eigenvalue weighted by atomic mass is 9.97. The Bertz CT molecular complexity index is 454. The van der Waals surface area contributed by atoms with Crippen molar-refractivity contribution >= 4 is 5.69 Å². The van der Waals surface area contributed by atoms with Crippen molar-refractivity contribution in [3.63, 3.8) is 0 Å². The summed E-state index contributed by atoms with van der Waals surface area (Å²) in [6.45, 7) is 11.0. The number of hydrogen-bond donors (Lipinski definition) is 1. The van der Waals surface area contributed by atoms with Crippen LogP contribution in [0.25, 0.3) is 0 Å². The monoisotopic (exact) mass is 337 g/mol. The van der Waals surface area contributed by atoms with Crippen molar-refractivity contribution in [2.24, 2.45) is 11.8 Å². The van der Waals surface area contributed by atoms with Gasteiger partial charge in [0.2, 0.25) is 0 Å². The SMILES string of the molecule is C=CC.CC.CC1CCCC1/C=C/C(F)(F)CNc1ccccc1. The molecule has 1 aliphatic rings. The number of anilines is 1. The smallest absolute Gasteiger partial charge is 0.283 e. The third-order valence-electron chi connectivity index (χ3n) is 3.82.